The van der Waals surface area contributed by atoms with Crippen molar-refractivity contribution < 1.29 is 4.74 Å². The van der Waals surface area contributed by atoms with Crippen LogP contribution in [0.3, 0.4) is 0 Å². The Morgan fingerprint density at radius 2 is 2.19 bits per heavy atom. The average Bonchev–Trinajstić information content (AvgIpc) is 2.97. The second-order valence-electron chi connectivity index (χ2n) is 4.25. The van der Waals surface area contributed by atoms with Crippen LogP contribution in [0.1, 0.15) is 5.69 Å². The van der Waals surface area contributed by atoms with Gasteiger partial charge in [0.15, 0.2) is 0 Å². The number of fused-ring (bicyclic) bond motifs is 1. The van der Waals surface area contributed by atoms with Gasteiger partial charge in [-0.1, -0.05) is 18.2 Å². The summed E-state index contributed by atoms with van der Waals surface area (Å²) in [6, 6.07) is 5.83. The van der Waals surface area contributed by atoms with E-state index in [0.717, 1.165) is 30.9 Å². The number of halogens is 2. The molecule has 3 aromatic rings. The summed E-state index contributed by atoms with van der Waals surface area (Å²) in [6.07, 6.45) is 1.72. The minimum absolute atomic E-state index is 0.523. The molecule has 0 radical (unpaired) electrons. The molecule has 0 aliphatic heterocycles. The first-order valence-corrected chi connectivity index (χ1v) is 8.38. The van der Waals surface area contributed by atoms with E-state index in [9.17, 15) is 0 Å². The molecule has 0 amide bonds. The maximum atomic E-state index is 6.38. The molecule has 0 fully saturated rings. The lowest BCUT2D eigenvalue weighted by Gasteiger charge is -2.08. The quantitative estimate of drug-likeness (QED) is 0.533. The molecule has 21 heavy (non-hydrogen) atoms. The molecule has 0 N–H and O–H groups in total. The third-order valence-electron chi connectivity index (χ3n) is 3.00. The zero-order valence-electron chi connectivity index (χ0n) is 11.1. The first-order valence-electron chi connectivity index (χ1n) is 6.05. The van der Waals surface area contributed by atoms with Crippen LogP contribution in [0.15, 0.2) is 30.2 Å². The molecule has 3 rings (SSSR count). The van der Waals surface area contributed by atoms with E-state index in [0.29, 0.717) is 10.8 Å². The highest BCUT2D eigenvalue weighted by Crippen LogP contribution is 2.35. The highest BCUT2D eigenvalue weighted by atomic mass is 127. The van der Waals surface area contributed by atoms with E-state index in [1.165, 1.54) is 11.3 Å². The van der Waals surface area contributed by atoms with E-state index in [-0.39, 0.29) is 0 Å². The van der Waals surface area contributed by atoms with Crippen LogP contribution in [0.2, 0.25) is 5.02 Å². The lowest BCUT2D eigenvalue weighted by Crippen LogP contribution is -1.92. The summed E-state index contributed by atoms with van der Waals surface area (Å²) in [4.78, 5) is 9.14. The van der Waals surface area contributed by atoms with Crippen molar-refractivity contribution in [2.24, 2.45) is 0 Å². The summed E-state index contributed by atoms with van der Waals surface area (Å²) in [6.45, 7) is 3.73. The van der Waals surface area contributed by atoms with Crippen molar-refractivity contribution >= 4 is 62.5 Å². The molecule has 6 heteroatoms. The zero-order valence-corrected chi connectivity index (χ0v) is 14.8. The van der Waals surface area contributed by atoms with E-state index in [1.54, 1.807) is 13.2 Å². The Kier molecular flexibility index (Phi) is 4.14. The second-order valence-corrected chi connectivity index (χ2v) is 6.65. The Hall–Kier alpha value is -1.18. The summed E-state index contributed by atoms with van der Waals surface area (Å²) >= 11 is 10.2. The van der Waals surface area contributed by atoms with Gasteiger partial charge >= 0.3 is 0 Å². The van der Waals surface area contributed by atoms with E-state index in [1.807, 2.05) is 23.6 Å². The monoisotopic (exact) mass is 428 g/mol. The molecule has 0 bridgehead atoms. The summed E-state index contributed by atoms with van der Waals surface area (Å²) in [5, 5.41) is 4.33. The fourth-order valence-electron chi connectivity index (χ4n) is 1.96. The maximum Gasteiger partial charge on any atom is 0.142 e. The van der Waals surface area contributed by atoms with E-state index >= 15 is 0 Å². The Morgan fingerprint density at radius 1 is 1.38 bits per heavy atom. The molecule has 2 heterocycles. The smallest absolute Gasteiger partial charge is 0.142 e. The van der Waals surface area contributed by atoms with Gasteiger partial charge in [0, 0.05) is 14.3 Å². The topological polar surface area (TPSA) is 35.0 Å². The van der Waals surface area contributed by atoms with Crippen molar-refractivity contribution in [2.75, 3.05) is 7.11 Å². The lowest BCUT2D eigenvalue weighted by molar-refractivity contribution is 0.415. The Labute approximate surface area is 144 Å². The minimum Gasteiger partial charge on any atom is -0.495 e. The number of hydrogen-bond donors (Lipinski definition) is 0. The van der Waals surface area contributed by atoms with Gasteiger partial charge in [0.1, 0.15) is 21.5 Å². The molecule has 0 spiro atoms. The van der Waals surface area contributed by atoms with Gasteiger partial charge in [-0.3, -0.25) is 0 Å². The van der Waals surface area contributed by atoms with Crippen molar-refractivity contribution in [1.29, 1.82) is 0 Å². The molecule has 0 atom stereocenters. The van der Waals surface area contributed by atoms with E-state index in [2.05, 4.69) is 39.1 Å². The largest absolute Gasteiger partial charge is 0.495 e. The van der Waals surface area contributed by atoms with Crippen LogP contribution in [-0.2, 0) is 0 Å². The molecular formula is C15H10ClIN2OS. The van der Waals surface area contributed by atoms with Gasteiger partial charge < -0.3 is 4.74 Å². The number of pyridine rings is 1. The molecule has 0 aliphatic carbocycles. The predicted octanol–water partition coefficient (Wildman–Crippen LogP) is 5.27. The van der Waals surface area contributed by atoms with Crippen LogP contribution in [0.25, 0.3) is 27.7 Å². The predicted molar refractivity (Wildman–Crippen MR) is 97.2 cm³/mol. The molecule has 0 unspecified atom stereocenters. The van der Waals surface area contributed by atoms with Crippen molar-refractivity contribution in [1.82, 2.24) is 9.97 Å². The number of ether oxygens (including phenoxy) is 1. The first kappa shape index (κ1) is 14.7. The van der Waals surface area contributed by atoms with E-state index < -0.39 is 0 Å². The number of nitrogens with zero attached hydrogens (tertiary/aromatic N) is 2. The van der Waals surface area contributed by atoms with Gasteiger partial charge in [0.25, 0.3) is 0 Å². The molecule has 0 saturated carbocycles. The van der Waals surface area contributed by atoms with Crippen molar-refractivity contribution in [3.05, 3.63) is 44.4 Å². The lowest BCUT2D eigenvalue weighted by atomic mass is 10.2. The molecule has 2 aromatic heterocycles. The van der Waals surface area contributed by atoms with Crippen LogP contribution < -0.4 is 4.74 Å². The van der Waals surface area contributed by atoms with Crippen molar-refractivity contribution in [2.45, 2.75) is 0 Å². The molecule has 0 saturated heterocycles. The van der Waals surface area contributed by atoms with Crippen LogP contribution >= 0.6 is 45.5 Å². The molecule has 3 nitrogen and oxygen atoms in total. The first-order chi connectivity index (χ1) is 10.1. The number of benzene rings is 1. The fraction of sp³-hybridized carbons (Fsp3) is 0.0667. The standard InChI is InChI=1S/C15H10ClIN2OS/c1-3-8-7-21-15(18-8)11-6-10(17)9-4-5-12(20-2)13(16)14(9)19-11/h3-7H,1H2,2H3. The van der Waals surface area contributed by atoms with Crippen LogP contribution in [0, 0.1) is 3.57 Å². The number of methoxy groups -OCH3 is 1. The molecular weight excluding hydrogens is 419 g/mol. The third-order valence-corrected chi connectivity index (χ3v) is 5.14. The summed E-state index contributed by atoms with van der Waals surface area (Å²) in [5.41, 5.74) is 2.39. The highest BCUT2D eigenvalue weighted by molar-refractivity contribution is 14.1. The Morgan fingerprint density at radius 3 is 2.86 bits per heavy atom. The number of thiazole rings is 1. The van der Waals surface area contributed by atoms with Gasteiger partial charge in [-0.15, -0.1) is 11.3 Å². The van der Waals surface area contributed by atoms with Crippen molar-refractivity contribution in [3.63, 3.8) is 0 Å². The maximum absolute atomic E-state index is 6.38. The minimum atomic E-state index is 0.523. The zero-order chi connectivity index (χ0) is 15.0. The summed E-state index contributed by atoms with van der Waals surface area (Å²) in [7, 11) is 1.60. The van der Waals surface area contributed by atoms with Gasteiger partial charge in [-0.05, 0) is 46.9 Å². The normalized spacial score (nSPS) is 10.8. The van der Waals surface area contributed by atoms with Gasteiger partial charge in [-0.25, -0.2) is 9.97 Å². The average molecular weight is 429 g/mol. The second kappa shape index (κ2) is 5.90. The van der Waals surface area contributed by atoms with Gasteiger partial charge in [0.2, 0.25) is 0 Å². The Balaban J connectivity index is 2.25. The number of aromatic nitrogens is 2. The van der Waals surface area contributed by atoms with E-state index in [4.69, 9.17) is 16.3 Å². The third kappa shape index (κ3) is 2.65. The van der Waals surface area contributed by atoms with Crippen LogP contribution in [0.5, 0.6) is 5.75 Å². The number of rotatable bonds is 3. The summed E-state index contributed by atoms with van der Waals surface area (Å²) in [5.74, 6) is 0.621. The van der Waals surface area contributed by atoms with Gasteiger partial charge in [-0.2, -0.15) is 0 Å². The van der Waals surface area contributed by atoms with Gasteiger partial charge in [0.05, 0.1) is 18.3 Å². The summed E-state index contributed by atoms with van der Waals surface area (Å²) < 4.78 is 6.34. The molecule has 1 aromatic carbocycles. The van der Waals surface area contributed by atoms with Crippen LogP contribution in [0.4, 0.5) is 0 Å². The van der Waals surface area contributed by atoms with Crippen molar-refractivity contribution in [3.8, 4) is 16.5 Å². The SMILES string of the molecule is C=Cc1csc(-c2cc(I)c3ccc(OC)c(Cl)c3n2)n1. The fourth-order valence-corrected chi connectivity index (χ4v) is 3.74. The number of hydrogen-bond acceptors (Lipinski definition) is 4. The Bertz CT molecular complexity index is 847. The molecule has 106 valence electrons. The highest BCUT2D eigenvalue weighted by Gasteiger charge is 2.13. The molecule has 0 aliphatic rings. The van der Waals surface area contributed by atoms with Crippen LogP contribution in [-0.4, -0.2) is 17.1 Å².